The van der Waals surface area contributed by atoms with Crippen LogP contribution < -0.4 is 5.32 Å². The minimum Gasteiger partial charge on any atom is -0.386 e. The van der Waals surface area contributed by atoms with E-state index in [0.29, 0.717) is 19.5 Å². The monoisotopic (exact) mass is 353 g/mol. The highest BCUT2D eigenvalue weighted by atomic mass is 19.4. The van der Waals surface area contributed by atoms with Gasteiger partial charge in [-0.3, -0.25) is 0 Å². The largest absolute Gasteiger partial charge is 0.416 e. The molecule has 0 bridgehead atoms. The van der Waals surface area contributed by atoms with Crippen molar-refractivity contribution in [1.82, 2.24) is 0 Å². The van der Waals surface area contributed by atoms with Crippen molar-refractivity contribution in [2.75, 3.05) is 6.54 Å². The van der Waals surface area contributed by atoms with E-state index in [2.05, 4.69) is 5.16 Å². The molecule has 2 N–H and O–H groups in total. The molecule has 3 nitrogen and oxygen atoms in total. The number of halogens is 4. The van der Waals surface area contributed by atoms with Crippen molar-refractivity contribution in [3.05, 3.63) is 71.0 Å². The predicted molar refractivity (Wildman–Crippen MR) is 84.4 cm³/mol. The van der Waals surface area contributed by atoms with E-state index in [0.717, 1.165) is 29.0 Å². The van der Waals surface area contributed by atoms with Crippen molar-refractivity contribution in [2.24, 2.45) is 5.16 Å². The first-order chi connectivity index (χ1) is 11.9. The Morgan fingerprint density at radius 2 is 1.72 bits per heavy atom. The van der Waals surface area contributed by atoms with Gasteiger partial charge in [-0.1, -0.05) is 29.4 Å². The summed E-state index contributed by atoms with van der Waals surface area (Å²) in [5.41, 5.74) is 1.76. The van der Waals surface area contributed by atoms with Gasteiger partial charge in [0.1, 0.15) is 18.9 Å². The van der Waals surface area contributed by atoms with E-state index in [1.54, 1.807) is 12.1 Å². The predicted octanol–water partition coefficient (Wildman–Crippen LogP) is 3.10. The third-order valence-corrected chi connectivity index (χ3v) is 4.00. The molecule has 1 aliphatic rings. The van der Waals surface area contributed by atoms with Gasteiger partial charge < -0.3 is 10.2 Å². The Morgan fingerprint density at radius 3 is 2.36 bits per heavy atom. The second-order valence-corrected chi connectivity index (χ2v) is 5.90. The summed E-state index contributed by atoms with van der Waals surface area (Å²) in [5.74, 6) is -0.301. The van der Waals surface area contributed by atoms with Crippen LogP contribution >= 0.6 is 0 Å². The van der Waals surface area contributed by atoms with Crippen molar-refractivity contribution in [3.8, 4) is 0 Å². The minimum absolute atomic E-state index is 0.102. The third kappa shape index (κ3) is 4.57. The van der Waals surface area contributed by atoms with Crippen molar-refractivity contribution < 1.29 is 27.7 Å². The van der Waals surface area contributed by atoms with Crippen LogP contribution in [0.5, 0.6) is 0 Å². The molecule has 1 heterocycles. The molecular formula is C18H17F4N2O+. The van der Waals surface area contributed by atoms with Gasteiger partial charge in [0.2, 0.25) is 0 Å². The highest BCUT2D eigenvalue weighted by Crippen LogP contribution is 2.28. The maximum atomic E-state index is 12.9. The molecule has 0 aromatic heterocycles. The molecule has 0 unspecified atom stereocenters. The Bertz CT molecular complexity index is 739. The summed E-state index contributed by atoms with van der Waals surface area (Å²) < 4.78 is 50.5. The topological polar surface area (TPSA) is 38.2 Å². The van der Waals surface area contributed by atoms with Gasteiger partial charge >= 0.3 is 6.18 Å². The molecule has 0 saturated carbocycles. The lowest BCUT2D eigenvalue weighted by Gasteiger charge is -2.09. The van der Waals surface area contributed by atoms with Gasteiger partial charge in [-0.2, -0.15) is 13.2 Å². The van der Waals surface area contributed by atoms with Gasteiger partial charge in [-0.25, -0.2) is 4.39 Å². The molecule has 0 amide bonds. The van der Waals surface area contributed by atoms with Gasteiger partial charge in [0.25, 0.3) is 0 Å². The zero-order chi connectivity index (χ0) is 17.9. The molecule has 132 valence electrons. The molecule has 7 heteroatoms. The molecule has 1 aliphatic heterocycles. The molecular weight excluding hydrogens is 336 g/mol. The smallest absolute Gasteiger partial charge is 0.386 e. The minimum atomic E-state index is -4.31. The lowest BCUT2D eigenvalue weighted by atomic mass is 10.0. The number of rotatable bonds is 5. The molecule has 2 aromatic rings. The van der Waals surface area contributed by atoms with Gasteiger partial charge in [-0.05, 0) is 29.8 Å². The SMILES string of the molecule is Fc1ccc(C2=NO[C@@H](C[NH2+]Cc3ccc(C(F)(F)F)cc3)C2)cc1. The maximum Gasteiger partial charge on any atom is 0.416 e. The molecule has 2 aromatic carbocycles. The zero-order valence-electron chi connectivity index (χ0n) is 13.3. The Kier molecular flexibility index (Phi) is 5.03. The van der Waals surface area contributed by atoms with Crippen LogP contribution in [0.25, 0.3) is 0 Å². The van der Waals surface area contributed by atoms with Crippen LogP contribution in [0, 0.1) is 5.82 Å². The van der Waals surface area contributed by atoms with Crippen molar-refractivity contribution in [1.29, 1.82) is 0 Å². The molecule has 3 rings (SSSR count). The summed E-state index contributed by atoms with van der Waals surface area (Å²) in [6.45, 7) is 1.19. The zero-order valence-corrected chi connectivity index (χ0v) is 13.3. The second-order valence-electron chi connectivity index (χ2n) is 5.90. The van der Waals surface area contributed by atoms with Gasteiger partial charge in [0.05, 0.1) is 11.3 Å². The van der Waals surface area contributed by atoms with Crippen LogP contribution in [-0.4, -0.2) is 18.4 Å². The van der Waals surface area contributed by atoms with Crippen molar-refractivity contribution in [2.45, 2.75) is 25.2 Å². The highest BCUT2D eigenvalue weighted by Gasteiger charge is 2.30. The van der Waals surface area contributed by atoms with Crippen molar-refractivity contribution >= 4 is 5.71 Å². The quantitative estimate of drug-likeness (QED) is 0.825. The van der Waals surface area contributed by atoms with Crippen LogP contribution in [0.1, 0.15) is 23.1 Å². The van der Waals surface area contributed by atoms with E-state index in [1.165, 1.54) is 24.3 Å². The summed E-state index contributed by atoms with van der Waals surface area (Å²) in [6.07, 6.45) is -3.79. The maximum absolute atomic E-state index is 12.9. The Morgan fingerprint density at radius 1 is 1.04 bits per heavy atom. The van der Waals surface area contributed by atoms with E-state index in [1.807, 2.05) is 5.32 Å². The summed E-state index contributed by atoms with van der Waals surface area (Å²) in [5, 5.41) is 6.00. The first kappa shape index (κ1) is 17.4. The number of alkyl halides is 3. The molecule has 0 saturated heterocycles. The fourth-order valence-electron chi connectivity index (χ4n) is 2.63. The molecule has 25 heavy (non-hydrogen) atoms. The number of oxime groups is 1. The first-order valence-corrected chi connectivity index (χ1v) is 7.88. The van der Waals surface area contributed by atoms with E-state index >= 15 is 0 Å². The molecule has 1 atom stereocenters. The number of quaternary nitrogens is 1. The molecule has 0 spiro atoms. The average Bonchev–Trinajstić information content (AvgIpc) is 3.04. The van der Waals surface area contributed by atoms with Gasteiger partial charge in [0.15, 0.2) is 6.10 Å². The van der Waals surface area contributed by atoms with Crippen LogP contribution in [0.2, 0.25) is 0 Å². The van der Waals surface area contributed by atoms with Crippen LogP contribution in [0.4, 0.5) is 17.6 Å². The molecule has 0 radical (unpaired) electrons. The fraction of sp³-hybridized carbons (Fsp3) is 0.278. The van der Waals surface area contributed by atoms with E-state index in [4.69, 9.17) is 4.84 Å². The normalized spacial score (nSPS) is 17.3. The second kappa shape index (κ2) is 7.23. The Balaban J connectivity index is 1.45. The molecule has 0 fully saturated rings. The Hall–Kier alpha value is -2.41. The lowest BCUT2D eigenvalue weighted by Crippen LogP contribution is -2.84. The van der Waals surface area contributed by atoms with Gasteiger partial charge in [0, 0.05) is 12.0 Å². The van der Waals surface area contributed by atoms with Crippen molar-refractivity contribution in [3.63, 3.8) is 0 Å². The summed E-state index contributed by atoms with van der Waals surface area (Å²) in [7, 11) is 0. The number of nitrogens with two attached hydrogens (primary N) is 1. The number of hydrogen-bond donors (Lipinski definition) is 1. The summed E-state index contributed by atoms with van der Waals surface area (Å²) in [6, 6.07) is 11.2. The van der Waals surface area contributed by atoms with E-state index in [9.17, 15) is 17.6 Å². The van der Waals surface area contributed by atoms with Crippen LogP contribution in [-0.2, 0) is 17.6 Å². The third-order valence-electron chi connectivity index (χ3n) is 4.00. The number of nitrogens with zero attached hydrogens (tertiary/aromatic N) is 1. The number of hydrogen-bond acceptors (Lipinski definition) is 2. The van der Waals surface area contributed by atoms with Gasteiger partial charge in [-0.15, -0.1) is 0 Å². The standard InChI is InChI=1S/C18H16F4N2O/c19-15-7-3-13(4-8-15)17-9-16(25-24-17)11-23-10-12-1-5-14(6-2-12)18(20,21)22/h1-8,16,23H,9-11H2/p+1/t16-/m1/s1. The van der Waals surface area contributed by atoms with E-state index in [-0.39, 0.29) is 11.9 Å². The Labute approximate surface area is 142 Å². The summed E-state index contributed by atoms with van der Waals surface area (Å²) in [4.78, 5) is 5.37. The number of benzene rings is 2. The lowest BCUT2D eigenvalue weighted by molar-refractivity contribution is -0.676. The van der Waals surface area contributed by atoms with E-state index < -0.39 is 11.7 Å². The van der Waals surface area contributed by atoms with Crippen LogP contribution in [0.15, 0.2) is 53.7 Å². The van der Waals surface area contributed by atoms with Crippen LogP contribution in [0.3, 0.4) is 0 Å². The molecule has 0 aliphatic carbocycles. The highest BCUT2D eigenvalue weighted by molar-refractivity contribution is 6.01. The average molecular weight is 353 g/mol. The fourth-order valence-corrected chi connectivity index (χ4v) is 2.63. The summed E-state index contributed by atoms with van der Waals surface area (Å²) >= 11 is 0. The first-order valence-electron chi connectivity index (χ1n) is 7.88.